The van der Waals surface area contributed by atoms with Crippen molar-refractivity contribution < 1.29 is 23.4 Å². The Balaban J connectivity index is 1.37. The third-order valence-electron chi connectivity index (χ3n) is 5.71. The number of ether oxygens (including phenoxy) is 1. The van der Waals surface area contributed by atoms with Crippen LogP contribution < -0.4 is 10.4 Å². The van der Waals surface area contributed by atoms with Crippen molar-refractivity contribution in [2.24, 2.45) is 0 Å². The van der Waals surface area contributed by atoms with Gasteiger partial charge >= 0.3 is 5.63 Å². The van der Waals surface area contributed by atoms with E-state index in [1.165, 1.54) is 36.4 Å². The van der Waals surface area contributed by atoms with E-state index in [4.69, 9.17) is 9.15 Å². The molecule has 1 aliphatic rings. The SMILES string of the molecule is CCc1cc2c(CN3CCN(C(=O)COc4ccc(F)cc4)CC3)cc(=O)oc2cc1O. The van der Waals surface area contributed by atoms with Crippen molar-refractivity contribution in [1.82, 2.24) is 9.80 Å². The summed E-state index contributed by atoms with van der Waals surface area (Å²) in [5.41, 5.74) is 1.55. The van der Waals surface area contributed by atoms with Gasteiger partial charge in [-0.05, 0) is 47.9 Å². The van der Waals surface area contributed by atoms with Crippen molar-refractivity contribution in [1.29, 1.82) is 0 Å². The van der Waals surface area contributed by atoms with Crippen molar-refractivity contribution in [3.63, 3.8) is 0 Å². The minimum absolute atomic E-state index is 0.0979. The second kappa shape index (κ2) is 9.40. The highest BCUT2D eigenvalue weighted by molar-refractivity contribution is 5.82. The fraction of sp³-hybridized carbons (Fsp3) is 0.333. The van der Waals surface area contributed by atoms with Crippen LogP contribution in [-0.4, -0.2) is 53.6 Å². The summed E-state index contributed by atoms with van der Waals surface area (Å²) in [5, 5.41) is 10.9. The number of phenols is 1. The number of benzene rings is 2. The lowest BCUT2D eigenvalue weighted by atomic mass is 10.0. The maximum absolute atomic E-state index is 13.0. The summed E-state index contributed by atoms with van der Waals surface area (Å²) in [6.07, 6.45) is 0.668. The number of carbonyl (C=O) groups excluding carboxylic acids is 1. The van der Waals surface area contributed by atoms with Crippen LogP contribution in [0.3, 0.4) is 0 Å². The molecule has 0 radical (unpaired) electrons. The van der Waals surface area contributed by atoms with Crippen LogP contribution in [0.2, 0.25) is 0 Å². The minimum Gasteiger partial charge on any atom is -0.508 e. The minimum atomic E-state index is -0.456. The molecular weight excluding hydrogens is 415 g/mol. The molecule has 0 unspecified atom stereocenters. The molecule has 2 heterocycles. The number of phenolic OH excluding ortho intramolecular Hbond substituents is 1. The number of fused-ring (bicyclic) bond motifs is 1. The van der Waals surface area contributed by atoms with Gasteiger partial charge in [-0.1, -0.05) is 6.92 Å². The van der Waals surface area contributed by atoms with Gasteiger partial charge in [0.2, 0.25) is 0 Å². The second-order valence-corrected chi connectivity index (χ2v) is 7.82. The lowest BCUT2D eigenvalue weighted by Gasteiger charge is -2.34. The first-order valence-electron chi connectivity index (χ1n) is 10.6. The molecule has 168 valence electrons. The quantitative estimate of drug-likeness (QED) is 0.594. The molecule has 0 bridgehead atoms. The number of hydrogen-bond donors (Lipinski definition) is 1. The molecule has 4 rings (SSSR count). The van der Waals surface area contributed by atoms with Crippen molar-refractivity contribution in [3.05, 3.63) is 69.8 Å². The molecule has 0 atom stereocenters. The van der Waals surface area contributed by atoms with Crippen LogP contribution in [0.1, 0.15) is 18.1 Å². The molecular formula is C24H25FN2O5. The molecule has 1 amide bonds. The van der Waals surface area contributed by atoms with Gasteiger partial charge in [0.1, 0.15) is 22.9 Å². The van der Waals surface area contributed by atoms with E-state index in [2.05, 4.69) is 4.90 Å². The maximum atomic E-state index is 13.0. The summed E-state index contributed by atoms with van der Waals surface area (Å²) in [6, 6.07) is 10.4. The summed E-state index contributed by atoms with van der Waals surface area (Å²) < 4.78 is 23.7. The van der Waals surface area contributed by atoms with Gasteiger partial charge in [-0.2, -0.15) is 0 Å². The van der Waals surface area contributed by atoms with Gasteiger partial charge in [0.15, 0.2) is 6.61 Å². The Morgan fingerprint density at radius 3 is 2.50 bits per heavy atom. The van der Waals surface area contributed by atoms with E-state index in [9.17, 15) is 19.1 Å². The fourth-order valence-corrected chi connectivity index (χ4v) is 3.88. The third kappa shape index (κ3) is 4.91. The Labute approximate surface area is 184 Å². The summed E-state index contributed by atoms with van der Waals surface area (Å²) in [7, 11) is 0. The van der Waals surface area contributed by atoms with Crippen molar-refractivity contribution in [3.8, 4) is 11.5 Å². The number of amides is 1. The molecule has 1 fully saturated rings. The number of hydrogen-bond acceptors (Lipinski definition) is 6. The maximum Gasteiger partial charge on any atom is 0.336 e. The Bertz CT molecular complexity index is 1170. The topological polar surface area (TPSA) is 83.2 Å². The molecule has 1 aromatic heterocycles. The smallest absolute Gasteiger partial charge is 0.336 e. The lowest BCUT2D eigenvalue weighted by Crippen LogP contribution is -2.49. The molecule has 2 aromatic carbocycles. The van der Waals surface area contributed by atoms with E-state index in [-0.39, 0.29) is 24.1 Å². The highest BCUT2D eigenvalue weighted by Gasteiger charge is 2.22. The van der Waals surface area contributed by atoms with Crippen LogP contribution in [0.15, 0.2) is 51.7 Å². The first-order chi connectivity index (χ1) is 15.4. The Morgan fingerprint density at radius 2 is 1.81 bits per heavy atom. The first kappa shape index (κ1) is 21.8. The van der Waals surface area contributed by atoms with Gasteiger partial charge in [0, 0.05) is 50.2 Å². The van der Waals surface area contributed by atoms with Crippen molar-refractivity contribution >= 4 is 16.9 Å². The zero-order valence-electron chi connectivity index (χ0n) is 17.8. The van der Waals surface area contributed by atoms with Gasteiger partial charge in [-0.3, -0.25) is 9.69 Å². The summed E-state index contributed by atoms with van der Waals surface area (Å²) in [5.74, 6) is 0.0928. The molecule has 3 aromatic rings. The van der Waals surface area contributed by atoms with E-state index in [1.807, 2.05) is 13.0 Å². The van der Waals surface area contributed by atoms with Crippen molar-refractivity contribution in [2.75, 3.05) is 32.8 Å². The molecule has 0 saturated carbocycles. The van der Waals surface area contributed by atoms with Crippen LogP contribution in [0, 0.1) is 5.82 Å². The number of aromatic hydroxyl groups is 1. The van der Waals surface area contributed by atoms with E-state index < -0.39 is 5.63 Å². The van der Waals surface area contributed by atoms with E-state index in [0.29, 0.717) is 50.5 Å². The zero-order chi connectivity index (χ0) is 22.7. The van der Waals surface area contributed by atoms with Crippen LogP contribution in [0.5, 0.6) is 11.5 Å². The third-order valence-corrected chi connectivity index (χ3v) is 5.71. The van der Waals surface area contributed by atoms with Gasteiger partial charge in [0.25, 0.3) is 5.91 Å². The van der Waals surface area contributed by atoms with E-state index in [1.54, 1.807) is 4.90 Å². The van der Waals surface area contributed by atoms with Gasteiger partial charge in [0.05, 0.1) is 0 Å². The Morgan fingerprint density at radius 1 is 1.09 bits per heavy atom. The zero-order valence-corrected chi connectivity index (χ0v) is 17.8. The largest absolute Gasteiger partial charge is 0.508 e. The molecule has 0 aliphatic carbocycles. The van der Waals surface area contributed by atoms with Crippen LogP contribution in [-0.2, 0) is 17.8 Å². The number of carbonyl (C=O) groups is 1. The van der Waals surface area contributed by atoms with E-state index >= 15 is 0 Å². The standard InChI is InChI=1S/C24H25FN2O5/c1-2-16-11-20-17(12-24(30)32-22(20)13-21(16)28)14-26-7-9-27(10-8-26)23(29)15-31-19-5-3-18(25)4-6-19/h3-6,11-13,28H,2,7-10,14-15H2,1H3. The summed E-state index contributed by atoms with van der Waals surface area (Å²) in [4.78, 5) is 28.4. The monoisotopic (exact) mass is 440 g/mol. The first-order valence-corrected chi connectivity index (χ1v) is 10.6. The normalized spacial score (nSPS) is 14.6. The highest BCUT2D eigenvalue weighted by atomic mass is 19.1. The van der Waals surface area contributed by atoms with Crippen LogP contribution in [0.4, 0.5) is 4.39 Å². The van der Waals surface area contributed by atoms with Crippen LogP contribution in [0.25, 0.3) is 11.0 Å². The van der Waals surface area contributed by atoms with E-state index in [0.717, 1.165) is 16.5 Å². The number of piperazine rings is 1. The molecule has 1 saturated heterocycles. The van der Waals surface area contributed by atoms with Crippen LogP contribution >= 0.6 is 0 Å². The number of nitrogens with zero attached hydrogens (tertiary/aromatic N) is 2. The molecule has 1 N–H and O–H groups in total. The number of halogens is 1. The lowest BCUT2D eigenvalue weighted by molar-refractivity contribution is -0.135. The van der Waals surface area contributed by atoms with Crippen molar-refractivity contribution in [2.45, 2.75) is 19.9 Å². The predicted octanol–water partition coefficient (Wildman–Crippen LogP) is 2.92. The molecule has 8 heteroatoms. The molecule has 1 aliphatic heterocycles. The molecule has 7 nitrogen and oxygen atoms in total. The fourth-order valence-electron chi connectivity index (χ4n) is 3.88. The highest BCUT2D eigenvalue weighted by Crippen LogP contribution is 2.27. The average molecular weight is 440 g/mol. The van der Waals surface area contributed by atoms with Gasteiger partial charge in [-0.15, -0.1) is 0 Å². The second-order valence-electron chi connectivity index (χ2n) is 7.82. The summed E-state index contributed by atoms with van der Waals surface area (Å²) >= 11 is 0. The number of rotatable bonds is 6. The summed E-state index contributed by atoms with van der Waals surface area (Å²) in [6.45, 7) is 4.81. The average Bonchev–Trinajstić information content (AvgIpc) is 2.78. The number of aryl methyl sites for hydroxylation is 1. The Kier molecular flexibility index (Phi) is 6.41. The molecule has 32 heavy (non-hydrogen) atoms. The Hall–Kier alpha value is -3.39. The molecule has 0 spiro atoms. The van der Waals surface area contributed by atoms with Gasteiger partial charge < -0.3 is 19.2 Å². The predicted molar refractivity (Wildman–Crippen MR) is 117 cm³/mol. The van der Waals surface area contributed by atoms with Gasteiger partial charge in [-0.25, -0.2) is 9.18 Å².